The summed E-state index contributed by atoms with van der Waals surface area (Å²) in [6, 6.07) is 15.8. The summed E-state index contributed by atoms with van der Waals surface area (Å²) in [5, 5.41) is 23.9. The average molecular weight is 453 g/mol. The molecule has 8 heteroatoms. The van der Waals surface area contributed by atoms with Crippen molar-refractivity contribution >= 4 is 18.0 Å². The molecule has 0 radical (unpaired) electrons. The summed E-state index contributed by atoms with van der Waals surface area (Å²) >= 11 is 0. The van der Waals surface area contributed by atoms with E-state index in [9.17, 15) is 19.5 Å². The molecule has 0 bridgehead atoms. The summed E-state index contributed by atoms with van der Waals surface area (Å²) in [4.78, 5) is 35.8. The van der Waals surface area contributed by atoms with E-state index in [-0.39, 0.29) is 24.9 Å². The number of benzene rings is 2. The zero-order valence-corrected chi connectivity index (χ0v) is 18.4. The molecule has 2 atom stereocenters. The molecule has 8 nitrogen and oxygen atoms in total. The zero-order chi connectivity index (χ0) is 23.6. The van der Waals surface area contributed by atoms with Crippen molar-refractivity contribution in [3.05, 3.63) is 59.7 Å². The molecule has 2 aliphatic rings. The summed E-state index contributed by atoms with van der Waals surface area (Å²) in [5.74, 6) is -1.73. The van der Waals surface area contributed by atoms with Crippen LogP contribution in [0, 0.1) is 5.92 Å². The minimum Gasteiger partial charge on any atom is -0.479 e. The molecule has 0 aliphatic heterocycles. The second-order valence-electron chi connectivity index (χ2n) is 8.97. The van der Waals surface area contributed by atoms with Crippen molar-refractivity contribution in [2.24, 2.45) is 5.92 Å². The highest BCUT2D eigenvalue weighted by molar-refractivity contribution is 5.81. The van der Waals surface area contributed by atoms with Crippen LogP contribution in [-0.4, -0.2) is 53.0 Å². The number of aliphatic carboxylic acids is 1. The third-order valence-corrected chi connectivity index (χ3v) is 6.33. The number of hydrogen-bond acceptors (Lipinski definition) is 5. The van der Waals surface area contributed by atoms with Crippen molar-refractivity contribution in [2.45, 2.75) is 43.7 Å². The minimum absolute atomic E-state index is 0.00936. The zero-order valence-electron chi connectivity index (χ0n) is 18.4. The molecule has 2 aliphatic carbocycles. The number of hydrogen-bond donors (Lipinski definition) is 4. The van der Waals surface area contributed by atoms with E-state index in [1.165, 1.54) is 0 Å². The van der Waals surface area contributed by atoms with E-state index < -0.39 is 36.2 Å². The van der Waals surface area contributed by atoms with Crippen molar-refractivity contribution in [1.82, 2.24) is 10.6 Å². The lowest BCUT2D eigenvalue weighted by atomic mass is 9.98. The van der Waals surface area contributed by atoms with Crippen LogP contribution in [0.1, 0.15) is 43.2 Å². The number of alkyl carbamates (subject to hydrolysis) is 1. The van der Waals surface area contributed by atoms with Crippen LogP contribution in [0.4, 0.5) is 4.79 Å². The van der Waals surface area contributed by atoms with Gasteiger partial charge in [-0.2, -0.15) is 0 Å². The highest BCUT2D eigenvalue weighted by Crippen LogP contribution is 2.44. The van der Waals surface area contributed by atoms with Gasteiger partial charge in [-0.25, -0.2) is 9.59 Å². The number of fused-ring (bicyclic) bond motifs is 3. The Morgan fingerprint density at radius 1 is 1.06 bits per heavy atom. The van der Waals surface area contributed by atoms with Gasteiger partial charge in [0.15, 0.2) is 5.60 Å². The number of carbonyl (C=O) groups is 3. The SMILES string of the molecule is CC(O)(CNC(=O)CC(NC(=O)OCC1c2ccccc2-c2ccccc21)C1CC1)C(=O)O. The Labute approximate surface area is 192 Å². The van der Waals surface area contributed by atoms with Crippen LogP contribution in [-0.2, 0) is 14.3 Å². The lowest BCUT2D eigenvalue weighted by Crippen LogP contribution is -2.48. The quantitative estimate of drug-likeness (QED) is 0.464. The Morgan fingerprint density at radius 3 is 2.18 bits per heavy atom. The maximum absolute atomic E-state index is 12.6. The summed E-state index contributed by atoms with van der Waals surface area (Å²) < 4.78 is 5.58. The van der Waals surface area contributed by atoms with Gasteiger partial charge in [-0.15, -0.1) is 0 Å². The average Bonchev–Trinajstić information content (AvgIpc) is 3.59. The predicted molar refractivity (Wildman–Crippen MR) is 121 cm³/mol. The molecular weight excluding hydrogens is 424 g/mol. The van der Waals surface area contributed by atoms with Gasteiger partial charge in [0, 0.05) is 18.4 Å². The second kappa shape index (κ2) is 9.23. The monoisotopic (exact) mass is 452 g/mol. The maximum atomic E-state index is 12.6. The molecule has 0 saturated heterocycles. The first-order chi connectivity index (χ1) is 15.8. The van der Waals surface area contributed by atoms with Crippen LogP contribution in [0.5, 0.6) is 0 Å². The number of carboxylic acid groups (broad SMARTS) is 1. The molecule has 4 N–H and O–H groups in total. The third kappa shape index (κ3) is 5.17. The van der Waals surface area contributed by atoms with Crippen LogP contribution >= 0.6 is 0 Å². The molecule has 2 unspecified atom stereocenters. The van der Waals surface area contributed by atoms with E-state index in [2.05, 4.69) is 22.8 Å². The highest BCUT2D eigenvalue weighted by Gasteiger charge is 2.36. The molecule has 0 aromatic heterocycles. The van der Waals surface area contributed by atoms with Crippen LogP contribution < -0.4 is 10.6 Å². The predicted octanol–water partition coefficient (Wildman–Crippen LogP) is 2.65. The molecule has 1 saturated carbocycles. The van der Waals surface area contributed by atoms with E-state index in [4.69, 9.17) is 9.84 Å². The normalized spacial score (nSPS) is 17.3. The van der Waals surface area contributed by atoms with Crippen LogP contribution in [0.2, 0.25) is 0 Å². The molecule has 174 valence electrons. The van der Waals surface area contributed by atoms with E-state index in [0.29, 0.717) is 0 Å². The first-order valence-electron chi connectivity index (χ1n) is 11.1. The van der Waals surface area contributed by atoms with Gasteiger partial charge in [0.25, 0.3) is 0 Å². The first-order valence-corrected chi connectivity index (χ1v) is 11.1. The summed E-state index contributed by atoms with van der Waals surface area (Å²) in [5.41, 5.74) is 2.48. The van der Waals surface area contributed by atoms with Gasteiger partial charge in [0.2, 0.25) is 5.91 Å². The Balaban J connectivity index is 1.33. The fourth-order valence-corrected chi connectivity index (χ4v) is 4.24. The van der Waals surface area contributed by atoms with Crippen LogP contribution in [0.25, 0.3) is 11.1 Å². The molecular formula is C25H28N2O6. The number of carbonyl (C=O) groups excluding carboxylic acids is 2. The largest absolute Gasteiger partial charge is 0.479 e. The van der Waals surface area contributed by atoms with E-state index in [1.807, 2.05) is 36.4 Å². The highest BCUT2D eigenvalue weighted by atomic mass is 16.5. The van der Waals surface area contributed by atoms with Gasteiger partial charge in [-0.1, -0.05) is 48.5 Å². The number of rotatable bonds is 9. The molecule has 2 aromatic rings. The lowest BCUT2D eigenvalue weighted by Gasteiger charge is -2.21. The summed E-state index contributed by atoms with van der Waals surface area (Å²) in [6.07, 6.45) is 1.20. The minimum atomic E-state index is -2.05. The molecule has 2 aromatic carbocycles. The fraction of sp³-hybridized carbons (Fsp3) is 0.400. The van der Waals surface area contributed by atoms with E-state index >= 15 is 0 Å². The molecule has 4 rings (SSSR count). The second-order valence-corrected chi connectivity index (χ2v) is 8.97. The van der Waals surface area contributed by atoms with Gasteiger partial charge in [0.1, 0.15) is 6.61 Å². The number of ether oxygens (including phenoxy) is 1. The number of aliphatic hydroxyl groups is 1. The van der Waals surface area contributed by atoms with Crippen LogP contribution in [0.15, 0.2) is 48.5 Å². The van der Waals surface area contributed by atoms with Gasteiger partial charge < -0.3 is 25.6 Å². The van der Waals surface area contributed by atoms with Crippen molar-refractivity contribution in [3.63, 3.8) is 0 Å². The molecule has 0 spiro atoms. The Bertz CT molecular complexity index is 1020. The van der Waals surface area contributed by atoms with Gasteiger partial charge in [-0.3, -0.25) is 4.79 Å². The van der Waals surface area contributed by atoms with Gasteiger partial charge in [0.05, 0.1) is 6.54 Å². The Morgan fingerprint density at radius 2 is 1.64 bits per heavy atom. The topological polar surface area (TPSA) is 125 Å². The van der Waals surface area contributed by atoms with Gasteiger partial charge >= 0.3 is 12.1 Å². The summed E-state index contributed by atoms with van der Waals surface area (Å²) in [7, 11) is 0. The van der Waals surface area contributed by atoms with Gasteiger partial charge in [-0.05, 0) is 47.9 Å². The summed E-state index contributed by atoms with van der Waals surface area (Å²) in [6.45, 7) is 0.886. The molecule has 2 amide bonds. The van der Waals surface area contributed by atoms with Crippen molar-refractivity contribution in [2.75, 3.05) is 13.2 Å². The number of carboxylic acids is 1. The Kier molecular flexibility index (Phi) is 6.37. The molecule has 1 fully saturated rings. The first kappa shape index (κ1) is 22.8. The number of nitrogens with one attached hydrogen (secondary N) is 2. The van der Waals surface area contributed by atoms with E-state index in [0.717, 1.165) is 42.0 Å². The molecule has 0 heterocycles. The Hall–Kier alpha value is -3.39. The lowest BCUT2D eigenvalue weighted by molar-refractivity contribution is -0.156. The third-order valence-electron chi connectivity index (χ3n) is 6.33. The van der Waals surface area contributed by atoms with Crippen molar-refractivity contribution in [3.8, 4) is 11.1 Å². The van der Waals surface area contributed by atoms with Crippen molar-refractivity contribution in [1.29, 1.82) is 0 Å². The molecule has 33 heavy (non-hydrogen) atoms. The smallest absolute Gasteiger partial charge is 0.407 e. The standard InChI is InChI=1S/C25H28N2O6/c1-25(32,23(29)30)14-26-22(28)12-21(15-10-11-15)27-24(31)33-13-20-18-8-4-2-6-16(18)17-7-3-5-9-19(17)20/h2-9,15,20-21,32H,10-14H2,1H3,(H,26,28)(H,27,31)(H,29,30). The number of amides is 2. The van der Waals surface area contributed by atoms with Crippen molar-refractivity contribution < 1.29 is 29.3 Å². The van der Waals surface area contributed by atoms with E-state index in [1.54, 1.807) is 0 Å². The fourth-order valence-electron chi connectivity index (χ4n) is 4.24. The maximum Gasteiger partial charge on any atom is 0.407 e. The van der Waals surface area contributed by atoms with Crippen LogP contribution in [0.3, 0.4) is 0 Å².